The number of benzene rings is 2. The minimum absolute atomic E-state index is 0.0191. The molecule has 0 saturated carbocycles. The average Bonchev–Trinajstić information content (AvgIpc) is 2.60. The maximum Gasteiger partial charge on any atom is 0.170 e. The van der Waals surface area contributed by atoms with Crippen LogP contribution in [0.2, 0.25) is 0 Å². The van der Waals surface area contributed by atoms with Gasteiger partial charge < -0.3 is 15.2 Å². The third kappa shape index (κ3) is 3.85. The van der Waals surface area contributed by atoms with Gasteiger partial charge in [0.2, 0.25) is 0 Å². The molecule has 2 aromatic carbocycles. The second kappa shape index (κ2) is 7.28. The molecule has 0 aromatic heterocycles. The highest BCUT2D eigenvalue weighted by Gasteiger charge is 2.44. The smallest absolute Gasteiger partial charge is 0.170 e. The Morgan fingerprint density at radius 2 is 1.56 bits per heavy atom. The molecule has 25 heavy (non-hydrogen) atoms. The zero-order valence-electron chi connectivity index (χ0n) is 15.6. The topological polar surface area (TPSA) is 61.5 Å². The average molecular weight is 341 g/mol. The van der Waals surface area contributed by atoms with Gasteiger partial charge in [0.25, 0.3) is 0 Å². The zero-order valence-corrected chi connectivity index (χ0v) is 15.6. The first kappa shape index (κ1) is 19.0. The van der Waals surface area contributed by atoms with E-state index in [1.807, 2.05) is 51.1 Å². The minimum Gasteiger partial charge on any atom is -0.493 e. The molecule has 0 fully saturated rings. The normalized spacial score (nSPS) is 13.8. The lowest BCUT2D eigenvalue weighted by atomic mass is 9.67. The molecule has 4 nitrogen and oxygen atoms in total. The van der Waals surface area contributed by atoms with Crippen LogP contribution in [-0.2, 0) is 6.42 Å². The molecule has 2 N–H and O–H groups in total. The number of methoxy groups -OCH3 is 2. The lowest BCUT2D eigenvalue weighted by Crippen LogP contribution is -2.55. The van der Waals surface area contributed by atoms with Crippen LogP contribution in [0, 0.1) is 5.41 Å². The highest BCUT2D eigenvalue weighted by Crippen LogP contribution is 2.37. The van der Waals surface area contributed by atoms with Crippen LogP contribution in [-0.4, -0.2) is 25.5 Å². The predicted octanol–water partition coefficient (Wildman–Crippen LogP) is 3.87. The van der Waals surface area contributed by atoms with Crippen LogP contribution in [0.3, 0.4) is 0 Å². The lowest BCUT2D eigenvalue weighted by Gasteiger charge is -2.40. The molecule has 2 rings (SSSR count). The van der Waals surface area contributed by atoms with E-state index in [9.17, 15) is 4.79 Å². The summed E-state index contributed by atoms with van der Waals surface area (Å²) in [5.74, 6) is 1.11. The van der Waals surface area contributed by atoms with Gasteiger partial charge in [0.1, 0.15) is 0 Å². The van der Waals surface area contributed by atoms with Crippen molar-refractivity contribution in [2.45, 2.75) is 32.7 Å². The van der Waals surface area contributed by atoms with Gasteiger partial charge in [-0.2, -0.15) is 0 Å². The molecule has 0 aliphatic heterocycles. The number of ether oxygens (including phenoxy) is 2. The fraction of sp³-hybridized carbons (Fsp3) is 0.381. The molecule has 0 aliphatic rings. The van der Waals surface area contributed by atoms with E-state index in [1.165, 1.54) is 0 Å². The van der Waals surface area contributed by atoms with Crippen LogP contribution in [0.1, 0.15) is 36.7 Å². The first-order valence-electron chi connectivity index (χ1n) is 8.32. The molecule has 0 amide bonds. The molecule has 0 saturated heterocycles. The summed E-state index contributed by atoms with van der Waals surface area (Å²) < 4.78 is 10.6. The number of hydrogen-bond donors (Lipinski definition) is 1. The Kier molecular flexibility index (Phi) is 5.53. The SMILES string of the molecule is COc1ccc(C(=O)C(C)(C)C(C)(N)Cc2ccccc2)cc1OC. The quantitative estimate of drug-likeness (QED) is 0.777. The lowest BCUT2D eigenvalue weighted by molar-refractivity contribution is 0.0712. The van der Waals surface area contributed by atoms with Gasteiger partial charge in [0.15, 0.2) is 17.3 Å². The van der Waals surface area contributed by atoms with Crippen LogP contribution in [0.5, 0.6) is 11.5 Å². The number of carbonyl (C=O) groups is 1. The second-order valence-corrected chi connectivity index (χ2v) is 7.10. The van der Waals surface area contributed by atoms with Crippen molar-refractivity contribution in [1.29, 1.82) is 0 Å². The van der Waals surface area contributed by atoms with Crippen molar-refractivity contribution in [2.75, 3.05) is 14.2 Å². The molecule has 0 spiro atoms. The van der Waals surface area contributed by atoms with Gasteiger partial charge in [-0.25, -0.2) is 0 Å². The predicted molar refractivity (Wildman–Crippen MR) is 100 cm³/mol. The third-order valence-electron chi connectivity index (χ3n) is 5.06. The van der Waals surface area contributed by atoms with Gasteiger partial charge in [0.05, 0.1) is 14.2 Å². The molecule has 0 radical (unpaired) electrons. The summed E-state index contributed by atoms with van der Waals surface area (Å²) >= 11 is 0. The second-order valence-electron chi connectivity index (χ2n) is 7.10. The van der Waals surface area contributed by atoms with E-state index in [4.69, 9.17) is 15.2 Å². The fourth-order valence-corrected chi connectivity index (χ4v) is 2.84. The van der Waals surface area contributed by atoms with Crippen molar-refractivity contribution < 1.29 is 14.3 Å². The third-order valence-corrected chi connectivity index (χ3v) is 5.06. The van der Waals surface area contributed by atoms with Gasteiger partial charge in [-0.3, -0.25) is 4.79 Å². The van der Waals surface area contributed by atoms with E-state index in [0.29, 0.717) is 23.5 Å². The molecule has 2 aromatic rings. The van der Waals surface area contributed by atoms with E-state index in [2.05, 4.69) is 0 Å². The first-order valence-corrected chi connectivity index (χ1v) is 8.32. The Morgan fingerprint density at radius 1 is 0.960 bits per heavy atom. The molecule has 1 unspecified atom stereocenters. The summed E-state index contributed by atoms with van der Waals surface area (Å²) in [6, 6.07) is 15.2. The Hall–Kier alpha value is -2.33. The largest absolute Gasteiger partial charge is 0.493 e. The van der Waals surface area contributed by atoms with Crippen molar-refractivity contribution in [3.8, 4) is 11.5 Å². The molecule has 134 valence electrons. The van der Waals surface area contributed by atoms with E-state index >= 15 is 0 Å². The first-order chi connectivity index (χ1) is 11.7. The summed E-state index contributed by atoms with van der Waals surface area (Å²) in [6.07, 6.45) is 0.611. The van der Waals surface area contributed by atoms with Crippen LogP contribution < -0.4 is 15.2 Å². The van der Waals surface area contributed by atoms with Crippen molar-refractivity contribution in [3.63, 3.8) is 0 Å². The molecule has 0 aliphatic carbocycles. The zero-order chi connectivity index (χ0) is 18.7. The summed E-state index contributed by atoms with van der Waals surface area (Å²) in [4.78, 5) is 13.2. The number of carbonyl (C=O) groups excluding carboxylic acids is 1. The van der Waals surface area contributed by atoms with Crippen LogP contribution in [0.4, 0.5) is 0 Å². The summed E-state index contributed by atoms with van der Waals surface area (Å²) in [5, 5.41) is 0. The molecular weight excluding hydrogens is 314 g/mol. The van der Waals surface area contributed by atoms with Crippen LogP contribution in [0.15, 0.2) is 48.5 Å². The number of ketones is 1. The highest BCUT2D eigenvalue weighted by molar-refractivity contribution is 6.01. The van der Waals surface area contributed by atoms with Gasteiger partial charge in [-0.1, -0.05) is 44.2 Å². The van der Waals surface area contributed by atoms with E-state index in [0.717, 1.165) is 5.56 Å². The van der Waals surface area contributed by atoms with E-state index < -0.39 is 11.0 Å². The maximum absolute atomic E-state index is 13.2. The Labute approximate surface area is 150 Å². The van der Waals surface area contributed by atoms with Crippen LogP contribution in [0.25, 0.3) is 0 Å². The molecule has 4 heteroatoms. The standard InChI is InChI=1S/C21H27NO3/c1-20(2,21(3,22)14-15-9-7-6-8-10-15)19(23)16-11-12-17(24-4)18(13-16)25-5/h6-13H,14,22H2,1-5H3. The highest BCUT2D eigenvalue weighted by atomic mass is 16.5. The van der Waals surface area contributed by atoms with E-state index in [1.54, 1.807) is 32.4 Å². The minimum atomic E-state index is -0.761. The summed E-state index contributed by atoms with van der Waals surface area (Å²) in [6.45, 7) is 5.72. The molecule has 0 heterocycles. The molecular formula is C21H27NO3. The van der Waals surface area contributed by atoms with Crippen molar-refractivity contribution in [1.82, 2.24) is 0 Å². The van der Waals surface area contributed by atoms with Crippen molar-refractivity contribution in [2.24, 2.45) is 11.1 Å². The number of rotatable bonds is 7. The number of hydrogen-bond acceptors (Lipinski definition) is 4. The van der Waals surface area contributed by atoms with Gasteiger partial charge in [0, 0.05) is 16.5 Å². The van der Waals surface area contributed by atoms with E-state index in [-0.39, 0.29) is 5.78 Å². The Bertz CT molecular complexity index is 736. The monoisotopic (exact) mass is 341 g/mol. The van der Waals surface area contributed by atoms with Crippen LogP contribution >= 0.6 is 0 Å². The fourth-order valence-electron chi connectivity index (χ4n) is 2.84. The van der Waals surface area contributed by atoms with Gasteiger partial charge in [-0.05, 0) is 37.1 Å². The molecule has 0 bridgehead atoms. The summed E-state index contributed by atoms with van der Waals surface area (Å²) in [5.41, 5.74) is 6.82. The Morgan fingerprint density at radius 3 is 2.12 bits per heavy atom. The molecule has 1 atom stereocenters. The Balaban J connectivity index is 2.32. The number of nitrogens with two attached hydrogens (primary N) is 1. The van der Waals surface area contributed by atoms with Crippen molar-refractivity contribution >= 4 is 5.78 Å². The van der Waals surface area contributed by atoms with Crippen molar-refractivity contribution in [3.05, 3.63) is 59.7 Å². The number of Topliss-reactive ketones (excluding diaryl/α,β-unsaturated/α-hetero) is 1. The maximum atomic E-state index is 13.2. The summed E-state index contributed by atoms with van der Waals surface area (Å²) in [7, 11) is 3.12. The van der Waals surface area contributed by atoms with Gasteiger partial charge in [-0.15, -0.1) is 0 Å². The van der Waals surface area contributed by atoms with Gasteiger partial charge >= 0.3 is 0 Å².